The van der Waals surface area contributed by atoms with E-state index >= 15 is 0 Å². The van der Waals surface area contributed by atoms with Gasteiger partial charge in [-0.3, -0.25) is 4.90 Å². The highest BCUT2D eigenvalue weighted by Gasteiger charge is 2.29. The number of amides is 2. The molecule has 1 unspecified atom stereocenters. The molecule has 0 spiro atoms. The predicted molar refractivity (Wildman–Crippen MR) is 106 cm³/mol. The summed E-state index contributed by atoms with van der Waals surface area (Å²) in [7, 11) is 0. The van der Waals surface area contributed by atoms with Gasteiger partial charge in [-0.05, 0) is 24.3 Å². The summed E-state index contributed by atoms with van der Waals surface area (Å²) in [5.41, 5.74) is 1.19. The Morgan fingerprint density at radius 1 is 1.08 bits per heavy atom. The van der Waals surface area contributed by atoms with Gasteiger partial charge in [0.15, 0.2) is 0 Å². The zero-order valence-corrected chi connectivity index (χ0v) is 16.3. The van der Waals surface area contributed by atoms with E-state index in [1.165, 1.54) is 30.2 Å². The van der Waals surface area contributed by atoms with E-state index in [0.717, 1.165) is 25.9 Å². The molecule has 2 aliphatic heterocycles. The van der Waals surface area contributed by atoms with Gasteiger partial charge in [-0.2, -0.15) is 11.8 Å². The summed E-state index contributed by atoms with van der Waals surface area (Å²) in [4.78, 5) is 17.4. The van der Waals surface area contributed by atoms with E-state index in [1.807, 2.05) is 23.1 Å². The number of urea groups is 1. The molecule has 1 aromatic rings. The van der Waals surface area contributed by atoms with Crippen molar-refractivity contribution in [3.63, 3.8) is 0 Å². The number of carbonyl (C=O) groups is 1. The van der Waals surface area contributed by atoms with Crippen LogP contribution in [0.2, 0.25) is 0 Å². The molecule has 0 radical (unpaired) electrons. The highest BCUT2D eigenvalue weighted by molar-refractivity contribution is 7.99. The van der Waals surface area contributed by atoms with Crippen molar-refractivity contribution >= 4 is 17.8 Å². The van der Waals surface area contributed by atoms with Crippen molar-refractivity contribution in [2.24, 2.45) is 5.92 Å². The van der Waals surface area contributed by atoms with E-state index in [-0.39, 0.29) is 12.1 Å². The molecule has 25 heavy (non-hydrogen) atoms. The van der Waals surface area contributed by atoms with Gasteiger partial charge in [0.05, 0.1) is 6.04 Å². The van der Waals surface area contributed by atoms with E-state index < -0.39 is 0 Å². The van der Waals surface area contributed by atoms with Crippen molar-refractivity contribution in [2.75, 3.05) is 37.7 Å². The normalized spacial score (nSPS) is 21.3. The van der Waals surface area contributed by atoms with Crippen molar-refractivity contribution in [1.29, 1.82) is 0 Å². The lowest BCUT2D eigenvalue weighted by molar-refractivity contribution is 0.122. The summed E-state index contributed by atoms with van der Waals surface area (Å²) in [6.45, 7) is 8.51. The fourth-order valence-electron chi connectivity index (χ4n) is 3.90. The van der Waals surface area contributed by atoms with Gasteiger partial charge < -0.3 is 10.2 Å². The fourth-order valence-corrected chi connectivity index (χ4v) is 4.83. The average Bonchev–Trinajstić information content (AvgIpc) is 2.67. The van der Waals surface area contributed by atoms with Crippen LogP contribution in [0.4, 0.5) is 4.79 Å². The summed E-state index contributed by atoms with van der Waals surface area (Å²) in [5.74, 6) is 2.89. The molecule has 2 fully saturated rings. The number of benzene rings is 1. The van der Waals surface area contributed by atoms with Gasteiger partial charge in [-0.25, -0.2) is 4.79 Å². The van der Waals surface area contributed by atoms with Crippen LogP contribution in [-0.2, 0) is 0 Å². The molecule has 1 N–H and O–H groups in total. The maximum atomic E-state index is 12.8. The molecule has 0 aliphatic carbocycles. The second-order valence-corrected chi connectivity index (χ2v) is 8.67. The summed E-state index contributed by atoms with van der Waals surface area (Å²) in [5, 5.41) is 3.27. The molecule has 2 amide bonds. The zero-order valence-electron chi connectivity index (χ0n) is 15.5. The molecule has 2 saturated heterocycles. The molecule has 138 valence electrons. The SMILES string of the molecule is CC(C)C(NC(=O)N1CCC(N2CCSCC2)CC1)c1ccccc1. The third-order valence-corrected chi connectivity index (χ3v) is 6.36. The lowest BCUT2D eigenvalue weighted by atomic mass is 9.96. The molecular weight excluding hydrogens is 330 g/mol. The first-order valence-electron chi connectivity index (χ1n) is 9.57. The Labute approximate surface area is 156 Å². The van der Waals surface area contributed by atoms with E-state index in [0.29, 0.717) is 12.0 Å². The number of nitrogens with one attached hydrogen (secondary N) is 1. The molecule has 1 atom stereocenters. The van der Waals surface area contributed by atoms with E-state index in [9.17, 15) is 4.79 Å². The van der Waals surface area contributed by atoms with Crippen LogP contribution in [0, 0.1) is 5.92 Å². The van der Waals surface area contributed by atoms with Gasteiger partial charge in [0.25, 0.3) is 0 Å². The van der Waals surface area contributed by atoms with Gasteiger partial charge in [0, 0.05) is 43.7 Å². The topological polar surface area (TPSA) is 35.6 Å². The van der Waals surface area contributed by atoms with Crippen LogP contribution < -0.4 is 5.32 Å². The number of carbonyl (C=O) groups excluding carboxylic acids is 1. The second-order valence-electron chi connectivity index (χ2n) is 7.45. The van der Waals surface area contributed by atoms with Gasteiger partial charge in [0.1, 0.15) is 0 Å². The average molecular weight is 362 g/mol. The number of hydrogen-bond acceptors (Lipinski definition) is 3. The number of hydrogen-bond donors (Lipinski definition) is 1. The Morgan fingerprint density at radius 2 is 1.72 bits per heavy atom. The third-order valence-electron chi connectivity index (χ3n) is 5.42. The quantitative estimate of drug-likeness (QED) is 0.890. The highest BCUT2D eigenvalue weighted by atomic mass is 32.2. The smallest absolute Gasteiger partial charge is 0.317 e. The Kier molecular flexibility index (Phi) is 6.65. The minimum Gasteiger partial charge on any atom is -0.331 e. The van der Waals surface area contributed by atoms with Gasteiger partial charge in [0.2, 0.25) is 0 Å². The van der Waals surface area contributed by atoms with E-state index in [4.69, 9.17) is 0 Å². The van der Waals surface area contributed by atoms with Gasteiger partial charge in [-0.1, -0.05) is 44.2 Å². The Bertz CT molecular complexity index is 537. The number of nitrogens with zero attached hydrogens (tertiary/aromatic N) is 2. The van der Waals surface area contributed by atoms with Crippen LogP contribution in [0.1, 0.15) is 38.3 Å². The Morgan fingerprint density at radius 3 is 2.32 bits per heavy atom. The van der Waals surface area contributed by atoms with Gasteiger partial charge >= 0.3 is 6.03 Å². The summed E-state index contributed by atoms with van der Waals surface area (Å²) in [6, 6.07) is 11.1. The van der Waals surface area contributed by atoms with Gasteiger partial charge in [-0.15, -0.1) is 0 Å². The molecule has 0 saturated carbocycles. The molecule has 0 bridgehead atoms. The Hall–Kier alpha value is -1.20. The number of piperidine rings is 1. The fraction of sp³-hybridized carbons (Fsp3) is 0.650. The van der Waals surface area contributed by atoms with Crippen LogP contribution in [0.25, 0.3) is 0 Å². The number of thioether (sulfide) groups is 1. The monoisotopic (exact) mass is 361 g/mol. The molecule has 1 aromatic carbocycles. The molecule has 5 heteroatoms. The molecule has 2 aliphatic rings. The lowest BCUT2D eigenvalue weighted by Crippen LogP contribution is -2.51. The van der Waals surface area contributed by atoms with Crippen molar-refractivity contribution in [3.8, 4) is 0 Å². The first kappa shape index (κ1) is 18.6. The van der Waals surface area contributed by atoms with Crippen molar-refractivity contribution in [1.82, 2.24) is 15.1 Å². The Balaban J connectivity index is 1.53. The van der Waals surface area contributed by atoms with Crippen molar-refractivity contribution < 1.29 is 4.79 Å². The standard InChI is InChI=1S/C20H31N3OS/c1-16(2)19(17-6-4-3-5-7-17)21-20(24)23-10-8-18(9-11-23)22-12-14-25-15-13-22/h3-7,16,18-19H,8-15H2,1-2H3,(H,21,24). The van der Waals surface area contributed by atoms with Crippen molar-refractivity contribution in [3.05, 3.63) is 35.9 Å². The lowest BCUT2D eigenvalue weighted by Gasteiger charge is -2.40. The predicted octanol–water partition coefficient (Wildman–Crippen LogP) is 3.61. The van der Waals surface area contributed by atoms with E-state index in [2.05, 4.69) is 48.0 Å². The first-order chi connectivity index (χ1) is 12.1. The van der Waals surface area contributed by atoms with Crippen molar-refractivity contribution in [2.45, 2.75) is 38.8 Å². The second kappa shape index (κ2) is 8.95. The highest BCUT2D eigenvalue weighted by Crippen LogP contribution is 2.24. The zero-order chi connectivity index (χ0) is 17.6. The first-order valence-corrected chi connectivity index (χ1v) is 10.7. The number of rotatable bonds is 4. The molecule has 3 rings (SSSR count). The minimum atomic E-state index is 0.0746. The maximum absolute atomic E-state index is 12.8. The van der Waals surface area contributed by atoms with Crippen LogP contribution in [0.3, 0.4) is 0 Å². The van der Waals surface area contributed by atoms with Crippen LogP contribution in [0.5, 0.6) is 0 Å². The summed E-state index contributed by atoms with van der Waals surface area (Å²) < 4.78 is 0. The summed E-state index contributed by atoms with van der Waals surface area (Å²) in [6.07, 6.45) is 2.21. The largest absolute Gasteiger partial charge is 0.331 e. The maximum Gasteiger partial charge on any atom is 0.317 e. The molecule has 0 aromatic heterocycles. The van der Waals surface area contributed by atoms with Crippen LogP contribution in [-0.4, -0.2) is 59.6 Å². The third kappa shape index (κ3) is 4.91. The van der Waals surface area contributed by atoms with Crippen LogP contribution >= 0.6 is 11.8 Å². The molecule has 4 nitrogen and oxygen atoms in total. The van der Waals surface area contributed by atoms with E-state index in [1.54, 1.807) is 0 Å². The molecule has 2 heterocycles. The van der Waals surface area contributed by atoms with Crippen LogP contribution in [0.15, 0.2) is 30.3 Å². The molecular formula is C20H31N3OS. The number of likely N-dealkylation sites (tertiary alicyclic amines) is 1. The summed E-state index contributed by atoms with van der Waals surface area (Å²) >= 11 is 2.06. The minimum absolute atomic E-state index is 0.0746.